The average Bonchev–Trinajstić information content (AvgIpc) is 2.34. The number of benzene rings is 1. The van der Waals surface area contributed by atoms with Gasteiger partial charge in [-0.05, 0) is 24.3 Å². The van der Waals surface area contributed by atoms with E-state index in [1.54, 1.807) is 0 Å². The zero-order chi connectivity index (χ0) is 13.7. The second-order valence-electron chi connectivity index (χ2n) is 5.15. The minimum absolute atomic E-state index is 0.145. The van der Waals surface area contributed by atoms with Crippen LogP contribution < -0.4 is 5.32 Å². The minimum Gasteiger partial charge on any atom is -0.480 e. The Kier molecular flexibility index (Phi) is 4.55. The molecule has 1 aliphatic carbocycles. The number of carbonyl (C=O) groups is 2. The third kappa shape index (κ3) is 4.09. The van der Waals surface area contributed by atoms with Gasteiger partial charge in [0.15, 0.2) is 0 Å². The molecule has 1 atom stereocenters. The van der Waals surface area contributed by atoms with Gasteiger partial charge in [0.05, 0.1) is 0 Å². The van der Waals surface area contributed by atoms with E-state index >= 15 is 0 Å². The van der Waals surface area contributed by atoms with E-state index in [0.717, 1.165) is 18.4 Å². The summed E-state index contributed by atoms with van der Waals surface area (Å²) in [7, 11) is 0. The zero-order valence-electron chi connectivity index (χ0n) is 10.8. The lowest BCUT2D eigenvalue weighted by molar-refractivity contribution is -0.142. The molecule has 1 saturated carbocycles. The van der Waals surface area contributed by atoms with Crippen molar-refractivity contribution in [2.45, 2.75) is 38.1 Å². The molecule has 0 aliphatic heterocycles. The molecule has 0 unspecified atom stereocenters. The van der Waals surface area contributed by atoms with Crippen molar-refractivity contribution in [3.8, 4) is 0 Å². The second kappa shape index (κ2) is 6.36. The molecule has 1 aromatic rings. The lowest BCUT2D eigenvalue weighted by Crippen LogP contribution is -2.43. The van der Waals surface area contributed by atoms with Gasteiger partial charge in [0.25, 0.3) is 0 Å². The molecule has 1 aromatic carbocycles. The summed E-state index contributed by atoms with van der Waals surface area (Å²) in [6, 6.07) is 8.51. The van der Waals surface area contributed by atoms with Crippen LogP contribution >= 0.6 is 0 Å². The lowest BCUT2D eigenvalue weighted by atomic mass is 9.83. The van der Waals surface area contributed by atoms with Gasteiger partial charge < -0.3 is 10.4 Å². The van der Waals surface area contributed by atoms with Crippen LogP contribution in [0.25, 0.3) is 0 Å². The third-order valence-electron chi connectivity index (χ3n) is 3.61. The highest BCUT2D eigenvalue weighted by Gasteiger charge is 2.24. The standard InChI is InChI=1S/C15H19NO3/c17-14(10-12-7-4-8-12)16-13(15(18)19)9-11-5-2-1-3-6-11/h1-3,5-6,12-13H,4,7-10H2,(H,16,17)(H,18,19)/t13-/m0/s1. The van der Waals surface area contributed by atoms with Crippen LogP contribution in [0.15, 0.2) is 30.3 Å². The molecule has 0 saturated heterocycles. The molecule has 1 amide bonds. The van der Waals surface area contributed by atoms with Crippen molar-refractivity contribution < 1.29 is 14.7 Å². The molecular weight excluding hydrogens is 242 g/mol. The van der Waals surface area contributed by atoms with Crippen molar-refractivity contribution in [3.63, 3.8) is 0 Å². The minimum atomic E-state index is -0.981. The monoisotopic (exact) mass is 261 g/mol. The Labute approximate surface area is 112 Å². The van der Waals surface area contributed by atoms with Gasteiger partial charge in [-0.15, -0.1) is 0 Å². The maximum absolute atomic E-state index is 11.8. The molecule has 0 heterocycles. The molecular formula is C15H19NO3. The normalized spacial score (nSPS) is 16.4. The lowest BCUT2D eigenvalue weighted by Gasteiger charge is -2.25. The number of carboxylic acid groups (broad SMARTS) is 1. The fourth-order valence-electron chi connectivity index (χ4n) is 2.26. The first-order chi connectivity index (χ1) is 9.15. The van der Waals surface area contributed by atoms with Crippen LogP contribution in [0.2, 0.25) is 0 Å². The van der Waals surface area contributed by atoms with Gasteiger partial charge in [-0.25, -0.2) is 4.79 Å². The largest absolute Gasteiger partial charge is 0.480 e. The Balaban J connectivity index is 1.88. The van der Waals surface area contributed by atoms with Crippen LogP contribution in [0.5, 0.6) is 0 Å². The number of nitrogens with one attached hydrogen (secondary N) is 1. The Morgan fingerprint density at radius 3 is 2.47 bits per heavy atom. The molecule has 1 fully saturated rings. The van der Waals surface area contributed by atoms with E-state index in [0.29, 0.717) is 18.8 Å². The Morgan fingerprint density at radius 1 is 1.26 bits per heavy atom. The molecule has 0 aromatic heterocycles. The summed E-state index contributed by atoms with van der Waals surface area (Å²) < 4.78 is 0. The molecule has 0 spiro atoms. The summed E-state index contributed by atoms with van der Waals surface area (Å²) in [6.45, 7) is 0. The number of amides is 1. The fourth-order valence-corrected chi connectivity index (χ4v) is 2.26. The van der Waals surface area contributed by atoms with E-state index in [9.17, 15) is 14.7 Å². The Morgan fingerprint density at radius 2 is 1.95 bits per heavy atom. The van der Waals surface area contributed by atoms with Crippen molar-refractivity contribution in [1.82, 2.24) is 5.32 Å². The van der Waals surface area contributed by atoms with Crippen LogP contribution in [0.1, 0.15) is 31.2 Å². The van der Waals surface area contributed by atoms with Crippen molar-refractivity contribution in [1.29, 1.82) is 0 Å². The van der Waals surface area contributed by atoms with Gasteiger partial charge in [-0.1, -0.05) is 36.8 Å². The predicted molar refractivity (Wildman–Crippen MR) is 71.7 cm³/mol. The van der Waals surface area contributed by atoms with Crippen molar-refractivity contribution in [2.24, 2.45) is 5.92 Å². The van der Waals surface area contributed by atoms with Crippen LogP contribution in [-0.2, 0) is 16.0 Å². The topological polar surface area (TPSA) is 66.4 Å². The highest BCUT2D eigenvalue weighted by Crippen LogP contribution is 2.29. The maximum atomic E-state index is 11.8. The van der Waals surface area contributed by atoms with Gasteiger partial charge in [0.2, 0.25) is 5.91 Å². The summed E-state index contributed by atoms with van der Waals surface area (Å²) in [5.41, 5.74) is 0.916. The number of carboxylic acids is 1. The van der Waals surface area contributed by atoms with Crippen molar-refractivity contribution >= 4 is 11.9 Å². The molecule has 2 rings (SSSR count). The number of rotatable bonds is 6. The summed E-state index contributed by atoms with van der Waals surface area (Å²) in [5.74, 6) is -0.676. The molecule has 4 nitrogen and oxygen atoms in total. The summed E-state index contributed by atoms with van der Waals surface area (Å²) in [4.78, 5) is 23.0. The van der Waals surface area contributed by atoms with Gasteiger partial charge in [0, 0.05) is 12.8 Å². The molecule has 102 valence electrons. The molecule has 2 N–H and O–H groups in total. The molecule has 0 radical (unpaired) electrons. The highest BCUT2D eigenvalue weighted by atomic mass is 16.4. The van der Waals surface area contributed by atoms with Gasteiger partial charge in [-0.2, -0.15) is 0 Å². The zero-order valence-corrected chi connectivity index (χ0v) is 10.8. The van der Waals surface area contributed by atoms with Gasteiger partial charge in [-0.3, -0.25) is 4.79 Å². The predicted octanol–water partition coefficient (Wildman–Crippen LogP) is 1.99. The fraction of sp³-hybridized carbons (Fsp3) is 0.467. The maximum Gasteiger partial charge on any atom is 0.326 e. The van der Waals surface area contributed by atoms with Crippen LogP contribution in [0.3, 0.4) is 0 Å². The smallest absolute Gasteiger partial charge is 0.326 e. The number of aliphatic carboxylic acids is 1. The summed E-state index contributed by atoms with van der Waals surface area (Å²) in [5, 5.41) is 11.8. The van der Waals surface area contributed by atoms with E-state index in [1.165, 1.54) is 6.42 Å². The summed E-state index contributed by atoms with van der Waals surface area (Å²) >= 11 is 0. The first-order valence-corrected chi connectivity index (χ1v) is 6.71. The number of carbonyl (C=O) groups excluding carboxylic acids is 1. The van der Waals surface area contributed by atoms with Gasteiger partial charge >= 0.3 is 5.97 Å². The van der Waals surface area contributed by atoms with Crippen LogP contribution in [0.4, 0.5) is 0 Å². The Bertz CT molecular complexity index is 440. The van der Waals surface area contributed by atoms with Crippen molar-refractivity contribution in [3.05, 3.63) is 35.9 Å². The number of hydrogen-bond acceptors (Lipinski definition) is 2. The highest BCUT2D eigenvalue weighted by molar-refractivity contribution is 5.83. The molecule has 4 heteroatoms. The van der Waals surface area contributed by atoms with E-state index in [2.05, 4.69) is 5.32 Å². The quantitative estimate of drug-likeness (QED) is 0.823. The first kappa shape index (κ1) is 13.6. The molecule has 1 aliphatic rings. The number of hydrogen-bond donors (Lipinski definition) is 2. The van der Waals surface area contributed by atoms with Crippen molar-refractivity contribution in [2.75, 3.05) is 0 Å². The molecule has 19 heavy (non-hydrogen) atoms. The van der Waals surface area contributed by atoms with E-state index in [1.807, 2.05) is 30.3 Å². The first-order valence-electron chi connectivity index (χ1n) is 6.71. The second-order valence-corrected chi connectivity index (χ2v) is 5.15. The molecule has 0 bridgehead atoms. The SMILES string of the molecule is O=C(CC1CCC1)N[C@@H](Cc1ccccc1)C(=O)O. The third-order valence-corrected chi connectivity index (χ3v) is 3.61. The van der Waals surface area contributed by atoms with Gasteiger partial charge in [0.1, 0.15) is 6.04 Å². The average molecular weight is 261 g/mol. The van der Waals surface area contributed by atoms with Crippen LogP contribution in [-0.4, -0.2) is 23.0 Å². The van der Waals surface area contributed by atoms with Crippen LogP contribution in [0, 0.1) is 5.92 Å². The van der Waals surface area contributed by atoms with E-state index in [-0.39, 0.29) is 5.91 Å². The summed E-state index contributed by atoms with van der Waals surface area (Å²) in [6.07, 6.45) is 4.14. The Hall–Kier alpha value is -1.84. The van der Waals surface area contributed by atoms with E-state index < -0.39 is 12.0 Å². The van der Waals surface area contributed by atoms with E-state index in [4.69, 9.17) is 0 Å².